The quantitative estimate of drug-likeness (QED) is 0.765. The Kier molecular flexibility index (Phi) is 5.88. The van der Waals surface area contributed by atoms with Crippen LogP contribution in [0.5, 0.6) is 0 Å². The molecule has 0 aromatic carbocycles. The Bertz CT molecular complexity index is 600. The lowest BCUT2D eigenvalue weighted by molar-refractivity contribution is 0.224. The number of nitrogens with zero attached hydrogens (tertiary/aromatic N) is 3. The number of likely N-dealkylation sites (tertiary alicyclic amines) is 1. The van der Waals surface area contributed by atoms with Crippen LogP contribution < -0.4 is 5.73 Å². The number of rotatable bonds is 7. The van der Waals surface area contributed by atoms with E-state index in [-0.39, 0.29) is 0 Å². The van der Waals surface area contributed by atoms with E-state index in [1.54, 1.807) is 0 Å². The first-order chi connectivity index (χ1) is 11.6. The van der Waals surface area contributed by atoms with Crippen molar-refractivity contribution in [2.24, 2.45) is 0 Å². The Balaban J connectivity index is 1.42. The highest BCUT2D eigenvalue weighted by molar-refractivity contribution is 5.76. The molecule has 0 radical (unpaired) electrons. The van der Waals surface area contributed by atoms with Crippen LogP contribution >= 0.6 is 0 Å². The number of nitrogen functional groups attached to an aromatic ring is 1. The third-order valence-electron chi connectivity index (χ3n) is 5.49. The summed E-state index contributed by atoms with van der Waals surface area (Å²) in [6.45, 7) is 8.10. The fourth-order valence-corrected chi connectivity index (χ4v) is 4.12. The summed E-state index contributed by atoms with van der Waals surface area (Å²) in [5.41, 5.74) is 11.2. The van der Waals surface area contributed by atoms with Crippen molar-refractivity contribution in [2.45, 2.75) is 71.6 Å². The molecule has 1 aliphatic heterocycles. The summed E-state index contributed by atoms with van der Waals surface area (Å²) in [5.74, 6) is 1.47. The van der Waals surface area contributed by atoms with Gasteiger partial charge in [-0.05, 0) is 77.6 Å². The van der Waals surface area contributed by atoms with Gasteiger partial charge in [0.15, 0.2) is 0 Å². The summed E-state index contributed by atoms with van der Waals surface area (Å²) in [6, 6.07) is 0. The molecule has 1 aromatic heterocycles. The Morgan fingerprint density at radius 1 is 0.958 bits per heavy atom. The van der Waals surface area contributed by atoms with Crippen molar-refractivity contribution in [3.63, 3.8) is 0 Å². The van der Waals surface area contributed by atoms with Gasteiger partial charge >= 0.3 is 0 Å². The molecule has 1 fully saturated rings. The molecular weight excluding hydrogens is 296 g/mol. The number of fused-ring (bicyclic) bond motifs is 1. The summed E-state index contributed by atoms with van der Waals surface area (Å²) in [4.78, 5) is 11.6. The second-order valence-electron chi connectivity index (χ2n) is 7.49. The number of nitrogens with two attached hydrogens (primary N) is 1. The van der Waals surface area contributed by atoms with Gasteiger partial charge in [-0.15, -0.1) is 0 Å². The van der Waals surface area contributed by atoms with Gasteiger partial charge in [-0.3, -0.25) is 0 Å². The molecule has 0 amide bonds. The number of piperidine rings is 1. The van der Waals surface area contributed by atoms with Gasteiger partial charge in [0, 0.05) is 5.56 Å². The van der Waals surface area contributed by atoms with Gasteiger partial charge in [0.25, 0.3) is 0 Å². The number of hydrogen-bond donors (Lipinski definition) is 1. The lowest BCUT2D eigenvalue weighted by Gasteiger charge is -2.26. The maximum atomic E-state index is 6.08. The van der Waals surface area contributed by atoms with Crippen molar-refractivity contribution in [3.8, 4) is 0 Å². The molecule has 132 valence electrons. The molecule has 4 heteroatoms. The molecule has 1 saturated heterocycles. The zero-order valence-electron chi connectivity index (χ0n) is 15.4. The smallest absolute Gasteiger partial charge is 0.131 e. The highest BCUT2D eigenvalue weighted by Crippen LogP contribution is 2.36. The van der Waals surface area contributed by atoms with Crippen molar-refractivity contribution in [2.75, 3.05) is 25.4 Å². The molecule has 3 rings (SSSR count). The zero-order chi connectivity index (χ0) is 16.9. The normalized spacial score (nSPS) is 18.2. The number of aromatic nitrogens is 2. The van der Waals surface area contributed by atoms with Gasteiger partial charge in [0.1, 0.15) is 11.6 Å². The summed E-state index contributed by atoms with van der Waals surface area (Å²) < 4.78 is 0. The van der Waals surface area contributed by atoms with Gasteiger partial charge in [-0.25, -0.2) is 9.97 Å². The van der Waals surface area contributed by atoms with Crippen molar-refractivity contribution < 1.29 is 0 Å². The van der Waals surface area contributed by atoms with Crippen LogP contribution in [0.25, 0.3) is 5.57 Å². The number of hydrogen-bond acceptors (Lipinski definition) is 4. The Morgan fingerprint density at radius 3 is 2.50 bits per heavy atom. The average molecular weight is 329 g/mol. The molecular formula is C20H32N4. The van der Waals surface area contributed by atoms with E-state index in [2.05, 4.69) is 21.8 Å². The summed E-state index contributed by atoms with van der Waals surface area (Å²) >= 11 is 0. The second kappa shape index (κ2) is 8.11. The summed E-state index contributed by atoms with van der Waals surface area (Å²) in [6.07, 6.45) is 11.6. The molecule has 2 N–H and O–H groups in total. The highest BCUT2D eigenvalue weighted by Gasteiger charge is 2.23. The molecule has 2 aliphatic rings. The highest BCUT2D eigenvalue weighted by atomic mass is 15.1. The van der Waals surface area contributed by atoms with Crippen LogP contribution in [-0.4, -0.2) is 34.5 Å². The molecule has 0 saturated carbocycles. The Labute approximate surface area is 146 Å². The van der Waals surface area contributed by atoms with Crippen LogP contribution in [0, 0.1) is 6.92 Å². The standard InChI is InChI=1S/C20H32N4/c1-15-14-18-19(22-16(2)23-20(18)21)17(15)10-6-3-4-7-11-24-12-8-5-9-13-24/h3-14H2,1-2H3,(H2,21,22,23). The molecule has 2 heterocycles. The van der Waals surface area contributed by atoms with Gasteiger partial charge in [0.2, 0.25) is 0 Å². The molecule has 0 unspecified atom stereocenters. The van der Waals surface area contributed by atoms with E-state index < -0.39 is 0 Å². The average Bonchev–Trinajstić information content (AvgIpc) is 2.88. The first-order valence-electron chi connectivity index (χ1n) is 9.69. The largest absolute Gasteiger partial charge is 0.383 e. The zero-order valence-corrected chi connectivity index (χ0v) is 15.4. The van der Waals surface area contributed by atoms with E-state index in [4.69, 9.17) is 5.73 Å². The predicted octanol–water partition coefficient (Wildman–Crippen LogP) is 4.13. The van der Waals surface area contributed by atoms with Crippen LogP contribution in [0.4, 0.5) is 5.82 Å². The molecule has 0 atom stereocenters. The van der Waals surface area contributed by atoms with Crippen molar-refractivity contribution >= 4 is 11.4 Å². The molecule has 0 bridgehead atoms. The molecule has 24 heavy (non-hydrogen) atoms. The van der Waals surface area contributed by atoms with Crippen LogP contribution in [0.2, 0.25) is 0 Å². The van der Waals surface area contributed by atoms with Gasteiger partial charge < -0.3 is 10.6 Å². The second-order valence-corrected chi connectivity index (χ2v) is 7.49. The van der Waals surface area contributed by atoms with E-state index in [1.165, 1.54) is 75.7 Å². The maximum Gasteiger partial charge on any atom is 0.131 e. The fraction of sp³-hybridized carbons (Fsp3) is 0.700. The van der Waals surface area contributed by atoms with Crippen molar-refractivity contribution in [1.82, 2.24) is 14.9 Å². The van der Waals surface area contributed by atoms with E-state index in [0.717, 1.165) is 29.9 Å². The summed E-state index contributed by atoms with van der Waals surface area (Å²) in [5, 5.41) is 0. The van der Waals surface area contributed by atoms with E-state index in [0.29, 0.717) is 5.82 Å². The Hall–Kier alpha value is -1.42. The van der Waals surface area contributed by atoms with E-state index in [1.807, 2.05) is 6.92 Å². The monoisotopic (exact) mass is 328 g/mol. The number of anilines is 1. The predicted molar refractivity (Wildman–Crippen MR) is 101 cm³/mol. The van der Waals surface area contributed by atoms with Gasteiger partial charge in [-0.2, -0.15) is 0 Å². The van der Waals surface area contributed by atoms with Crippen LogP contribution in [-0.2, 0) is 6.42 Å². The first kappa shape index (κ1) is 17.4. The minimum Gasteiger partial charge on any atom is -0.383 e. The lowest BCUT2D eigenvalue weighted by atomic mass is 10.0. The maximum absolute atomic E-state index is 6.08. The summed E-state index contributed by atoms with van der Waals surface area (Å²) in [7, 11) is 0. The van der Waals surface area contributed by atoms with Crippen LogP contribution in [0.15, 0.2) is 5.57 Å². The van der Waals surface area contributed by atoms with E-state index >= 15 is 0 Å². The molecule has 0 spiro atoms. The fourth-order valence-electron chi connectivity index (χ4n) is 4.12. The molecule has 4 nitrogen and oxygen atoms in total. The number of unbranched alkanes of at least 4 members (excludes halogenated alkanes) is 3. The van der Waals surface area contributed by atoms with Gasteiger partial charge in [-0.1, -0.05) is 24.8 Å². The third kappa shape index (κ3) is 4.15. The number of allylic oxidation sites excluding steroid dienone is 2. The van der Waals surface area contributed by atoms with Crippen molar-refractivity contribution in [3.05, 3.63) is 22.7 Å². The SMILES string of the molecule is CC1=C(CCCCCCN2CCCCC2)c2nc(C)nc(N)c2C1. The third-order valence-corrected chi connectivity index (χ3v) is 5.49. The van der Waals surface area contributed by atoms with Crippen LogP contribution in [0.3, 0.4) is 0 Å². The Morgan fingerprint density at radius 2 is 1.71 bits per heavy atom. The topological polar surface area (TPSA) is 55.0 Å². The minimum absolute atomic E-state index is 0.674. The molecule has 1 aliphatic carbocycles. The number of aryl methyl sites for hydroxylation is 1. The minimum atomic E-state index is 0.674. The lowest BCUT2D eigenvalue weighted by Crippen LogP contribution is -2.30. The molecule has 1 aromatic rings. The van der Waals surface area contributed by atoms with Crippen LogP contribution in [0.1, 0.15) is 75.4 Å². The van der Waals surface area contributed by atoms with Gasteiger partial charge in [0.05, 0.1) is 5.69 Å². The first-order valence-corrected chi connectivity index (χ1v) is 9.69. The van der Waals surface area contributed by atoms with Crippen molar-refractivity contribution in [1.29, 1.82) is 0 Å². The van der Waals surface area contributed by atoms with E-state index in [9.17, 15) is 0 Å².